The van der Waals surface area contributed by atoms with Gasteiger partial charge in [0.1, 0.15) is 0 Å². The van der Waals surface area contributed by atoms with E-state index < -0.39 is 8.07 Å². The van der Waals surface area contributed by atoms with Crippen LogP contribution in [0, 0.1) is 0 Å². The molecule has 1 aliphatic rings. The molecule has 92 valence electrons. The van der Waals surface area contributed by atoms with Crippen LogP contribution in [0.25, 0.3) is 0 Å². The van der Waals surface area contributed by atoms with E-state index in [0.717, 1.165) is 5.54 Å². The van der Waals surface area contributed by atoms with E-state index in [-0.39, 0.29) is 5.41 Å². The fourth-order valence-corrected chi connectivity index (χ4v) is 4.04. The van der Waals surface area contributed by atoms with Crippen molar-refractivity contribution < 1.29 is 0 Å². The molecule has 1 unspecified atom stereocenters. The van der Waals surface area contributed by atoms with Crippen molar-refractivity contribution in [3.63, 3.8) is 0 Å². The summed E-state index contributed by atoms with van der Waals surface area (Å²) >= 11 is 0. The van der Waals surface area contributed by atoms with Gasteiger partial charge in [-0.15, -0.1) is 0 Å². The van der Waals surface area contributed by atoms with Crippen molar-refractivity contribution in [3.8, 4) is 0 Å². The Morgan fingerprint density at radius 3 is 2.06 bits per heavy atom. The molecule has 1 aromatic carbocycles. The number of hydrogen-bond donors (Lipinski definition) is 0. The minimum absolute atomic E-state index is 0.220. The SMILES string of the molecule is CC(C)(C1=CC([Si](C)(C)C)C1)c1ccccc1. The van der Waals surface area contributed by atoms with Gasteiger partial charge < -0.3 is 0 Å². The summed E-state index contributed by atoms with van der Waals surface area (Å²) in [5.41, 5.74) is 4.19. The first-order chi connectivity index (χ1) is 7.82. The van der Waals surface area contributed by atoms with Crippen LogP contribution in [-0.4, -0.2) is 8.07 Å². The second-order valence-corrected chi connectivity index (χ2v) is 12.3. The molecule has 0 heterocycles. The molecule has 1 aliphatic carbocycles. The number of benzene rings is 1. The van der Waals surface area contributed by atoms with Crippen molar-refractivity contribution in [3.05, 3.63) is 47.5 Å². The maximum Gasteiger partial charge on any atom is 0.0517 e. The zero-order valence-corrected chi connectivity index (χ0v) is 12.7. The molecule has 0 aliphatic heterocycles. The van der Waals surface area contributed by atoms with Crippen molar-refractivity contribution in [1.82, 2.24) is 0 Å². The molecule has 0 aromatic heterocycles. The van der Waals surface area contributed by atoms with Crippen molar-refractivity contribution >= 4 is 8.07 Å². The quantitative estimate of drug-likeness (QED) is 0.518. The molecule has 2 rings (SSSR count). The maximum absolute atomic E-state index is 2.55. The summed E-state index contributed by atoms with van der Waals surface area (Å²) in [6, 6.07) is 10.9. The predicted octanol–water partition coefficient (Wildman–Crippen LogP) is 5.00. The molecular weight excluding hydrogens is 220 g/mol. The highest BCUT2D eigenvalue weighted by molar-refractivity contribution is 6.78. The molecule has 0 nitrogen and oxygen atoms in total. The summed E-state index contributed by atoms with van der Waals surface area (Å²) in [5, 5.41) is 0. The monoisotopic (exact) mass is 244 g/mol. The third-order valence-corrected chi connectivity index (χ3v) is 6.85. The predicted molar refractivity (Wildman–Crippen MR) is 79.3 cm³/mol. The zero-order chi connectivity index (χ0) is 12.7. The Balaban J connectivity index is 2.21. The minimum Gasteiger partial charge on any atom is -0.0837 e. The zero-order valence-electron chi connectivity index (χ0n) is 11.7. The third-order valence-electron chi connectivity index (χ3n) is 4.25. The van der Waals surface area contributed by atoms with E-state index in [9.17, 15) is 0 Å². The van der Waals surface area contributed by atoms with Gasteiger partial charge in [0.15, 0.2) is 0 Å². The van der Waals surface area contributed by atoms with Gasteiger partial charge in [0.05, 0.1) is 8.07 Å². The molecule has 0 saturated heterocycles. The summed E-state index contributed by atoms with van der Waals surface area (Å²) in [4.78, 5) is 0. The molecule has 0 bridgehead atoms. The average molecular weight is 244 g/mol. The van der Waals surface area contributed by atoms with Crippen LogP contribution in [0.15, 0.2) is 42.0 Å². The molecule has 0 N–H and O–H groups in total. The van der Waals surface area contributed by atoms with Gasteiger partial charge in [0.25, 0.3) is 0 Å². The van der Waals surface area contributed by atoms with E-state index in [1.165, 1.54) is 12.0 Å². The lowest BCUT2D eigenvalue weighted by Gasteiger charge is -2.42. The molecule has 1 aromatic rings. The van der Waals surface area contributed by atoms with Gasteiger partial charge in [-0.25, -0.2) is 0 Å². The second-order valence-electron chi connectivity index (χ2n) is 6.86. The van der Waals surface area contributed by atoms with Gasteiger partial charge in [0, 0.05) is 5.41 Å². The van der Waals surface area contributed by atoms with Crippen LogP contribution < -0.4 is 0 Å². The van der Waals surface area contributed by atoms with E-state index >= 15 is 0 Å². The van der Waals surface area contributed by atoms with Gasteiger partial charge in [-0.1, -0.05) is 75.5 Å². The number of hydrogen-bond acceptors (Lipinski definition) is 0. The van der Waals surface area contributed by atoms with Gasteiger partial charge in [0.2, 0.25) is 0 Å². The molecular formula is C16H24Si. The lowest BCUT2D eigenvalue weighted by atomic mass is 9.71. The van der Waals surface area contributed by atoms with E-state index in [2.05, 4.69) is 69.9 Å². The molecule has 1 atom stereocenters. The highest BCUT2D eigenvalue weighted by atomic mass is 28.3. The number of rotatable bonds is 3. The van der Waals surface area contributed by atoms with E-state index in [1.807, 2.05) is 0 Å². The lowest BCUT2D eigenvalue weighted by Crippen LogP contribution is -2.36. The van der Waals surface area contributed by atoms with Crippen LogP contribution in [0.2, 0.25) is 25.2 Å². The van der Waals surface area contributed by atoms with Crippen LogP contribution in [-0.2, 0) is 5.41 Å². The first kappa shape index (κ1) is 12.6. The molecule has 0 fully saturated rings. The number of allylic oxidation sites excluding steroid dienone is 2. The van der Waals surface area contributed by atoms with Gasteiger partial charge in [-0.2, -0.15) is 0 Å². The Labute approximate surface area is 107 Å². The molecule has 0 saturated carbocycles. The molecule has 0 amide bonds. The molecule has 17 heavy (non-hydrogen) atoms. The summed E-state index contributed by atoms with van der Waals surface area (Å²) in [7, 11) is -0.972. The van der Waals surface area contributed by atoms with Gasteiger partial charge in [-0.05, 0) is 17.5 Å². The summed E-state index contributed by atoms with van der Waals surface area (Å²) in [5.74, 6) is 0. The third kappa shape index (κ3) is 2.39. The topological polar surface area (TPSA) is 0 Å². The molecule has 1 heteroatoms. The van der Waals surface area contributed by atoms with Crippen LogP contribution >= 0.6 is 0 Å². The second kappa shape index (κ2) is 4.13. The van der Waals surface area contributed by atoms with Gasteiger partial charge in [-0.3, -0.25) is 0 Å². The highest BCUT2D eigenvalue weighted by Crippen LogP contribution is 2.47. The van der Waals surface area contributed by atoms with Crippen molar-refractivity contribution in [2.45, 2.75) is 50.9 Å². The fourth-order valence-electron chi connectivity index (χ4n) is 2.51. The average Bonchev–Trinajstić information content (AvgIpc) is 2.13. The largest absolute Gasteiger partial charge is 0.0837 e. The van der Waals surface area contributed by atoms with Crippen LogP contribution in [0.1, 0.15) is 25.8 Å². The minimum atomic E-state index is -0.972. The lowest BCUT2D eigenvalue weighted by molar-refractivity contribution is 0.557. The maximum atomic E-state index is 2.55. The van der Waals surface area contributed by atoms with E-state index in [1.54, 1.807) is 5.57 Å². The van der Waals surface area contributed by atoms with Crippen LogP contribution in [0.4, 0.5) is 0 Å². The van der Waals surface area contributed by atoms with E-state index in [0.29, 0.717) is 0 Å². The highest BCUT2D eigenvalue weighted by Gasteiger charge is 2.38. The Morgan fingerprint density at radius 2 is 1.59 bits per heavy atom. The van der Waals surface area contributed by atoms with Crippen molar-refractivity contribution in [2.24, 2.45) is 0 Å². The molecule has 0 spiro atoms. The summed E-state index contributed by atoms with van der Waals surface area (Å²) < 4.78 is 0. The van der Waals surface area contributed by atoms with Crippen molar-refractivity contribution in [1.29, 1.82) is 0 Å². The van der Waals surface area contributed by atoms with Gasteiger partial charge >= 0.3 is 0 Å². The smallest absolute Gasteiger partial charge is 0.0517 e. The normalized spacial score (nSPS) is 20.8. The Kier molecular flexibility index (Phi) is 3.07. The summed E-state index contributed by atoms with van der Waals surface area (Å²) in [6.45, 7) is 12.1. The van der Waals surface area contributed by atoms with Crippen LogP contribution in [0.3, 0.4) is 0 Å². The first-order valence-electron chi connectivity index (χ1n) is 6.58. The van der Waals surface area contributed by atoms with Crippen LogP contribution in [0.5, 0.6) is 0 Å². The van der Waals surface area contributed by atoms with E-state index in [4.69, 9.17) is 0 Å². The van der Waals surface area contributed by atoms with Crippen molar-refractivity contribution in [2.75, 3.05) is 0 Å². The Bertz CT molecular complexity index is 421. The Hall–Kier alpha value is -0.823. The summed E-state index contributed by atoms with van der Waals surface area (Å²) in [6.07, 6.45) is 3.87. The Morgan fingerprint density at radius 1 is 1.06 bits per heavy atom. The fraction of sp³-hybridized carbons (Fsp3) is 0.500. The standard InChI is InChI=1S/C16H24Si/c1-16(2,13-9-7-6-8-10-13)14-11-15(12-14)17(3,4)5/h6-11,15H,12H2,1-5H3. The first-order valence-corrected chi connectivity index (χ1v) is 10.2. The molecule has 0 radical (unpaired) electrons.